The molecule has 4 nitrogen and oxygen atoms in total. The van der Waals surface area contributed by atoms with E-state index in [0.717, 1.165) is 32.0 Å². The fraction of sp³-hybridized carbons (Fsp3) is 0.917. The fourth-order valence-corrected chi connectivity index (χ4v) is 2.11. The van der Waals surface area contributed by atoms with Crippen LogP contribution in [0.15, 0.2) is 0 Å². The molecule has 16 heavy (non-hydrogen) atoms. The maximum absolute atomic E-state index is 11.5. The predicted octanol–water partition coefficient (Wildman–Crippen LogP) is 0.775. The van der Waals surface area contributed by atoms with Crippen molar-refractivity contribution in [2.24, 2.45) is 11.8 Å². The molecule has 1 aliphatic heterocycles. The third-order valence-electron chi connectivity index (χ3n) is 3.02. The molecular weight excluding hydrogens is 204 g/mol. The lowest BCUT2D eigenvalue weighted by Crippen LogP contribution is -2.28. The molecule has 94 valence electrons. The minimum Gasteiger partial charge on any atom is -0.384 e. The lowest BCUT2D eigenvalue weighted by atomic mass is 10.0. The molecule has 2 N–H and O–H groups in total. The molecule has 1 aliphatic rings. The van der Waals surface area contributed by atoms with Crippen LogP contribution >= 0.6 is 0 Å². The van der Waals surface area contributed by atoms with Crippen LogP contribution in [0, 0.1) is 11.8 Å². The smallest absolute Gasteiger partial charge is 0.220 e. The van der Waals surface area contributed by atoms with Gasteiger partial charge in [-0.05, 0) is 37.8 Å². The molecule has 0 spiro atoms. The first-order valence-electron chi connectivity index (χ1n) is 6.18. The number of rotatable bonds is 7. The Kier molecular flexibility index (Phi) is 6.42. The Morgan fingerprint density at radius 2 is 2.44 bits per heavy atom. The number of ether oxygens (including phenoxy) is 1. The zero-order valence-electron chi connectivity index (χ0n) is 10.4. The Balaban J connectivity index is 2.01. The predicted molar refractivity (Wildman–Crippen MR) is 64.3 cm³/mol. The average molecular weight is 228 g/mol. The number of hydrogen-bond donors (Lipinski definition) is 2. The van der Waals surface area contributed by atoms with Gasteiger partial charge in [0, 0.05) is 26.7 Å². The number of hydrogen-bond acceptors (Lipinski definition) is 3. The Labute approximate surface area is 98.1 Å². The van der Waals surface area contributed by atoms with Gasteiger partial charge in [0.1, 0.15) is 0 Å². The topological polar surface area (TPSA) is 50.4 Å². The van der Waals surface area contributed by atoms with E-state index in [1.807, 2.05) is 6.92 Å². The van der Waals surface area contributed by atoms with Crippen molar-refractivity contribution >= 4 is 5.91 Å². The summed E-state index contributed by atoms with van der Waals surface area (Å²) in [7, 11) is 1.67. The van der Waals surface area contributed by atoms with E-state index >= 15 is 0 Å². The van der Waals surface area contributed by atoms with E-state index in [2.05, 4.69) is 10.6 Å². The van der Waals surface area contributed by atoms with Crippen LogP contribution in [0.3, 0.4) is 0 Å². The van der Waals surface area contributed by atoms with E-state index in [4.69, 9.17) is 4.74 Å². The van der Waals surface area contributed by atoms with E-state index < -0.39 is 0 Å². The number of carbonyl (C=O) groups excluding carboxylic acids is 1. The van der Waals surface area contributed by atoms with Crippen molar-refractivity contribution in [1.29, 1.82) is 0 Å². The first-order chi connectivity index (χ1) is 7.72. The van der Waals surface area contributed by atoms with Gasteiger partial charge >= 0.3 is 0 Å². The molecule has 0 aromatic carbocycles. The van der Waals surface area contributed by atoms with Gasteiger partial charge in [-0.1, -0.05) is 6.92 Å². The molecule has 1 amide bonds. The van der Waals surface area contributed by atoms with Crippen molar-refractivity contribution in [1.82, 2.24) is 10.6 Å². The minimum absolute atomic E-state index is 0.149. The second kappa shape index (κ2) is 7.63. The Morgan fingerprint density at radius 1 is 1.62 bits per heavy atom. The van der Waals surface area contributed by atoms with Crippen molar-refractivity contribution < 1.29 is 9.53 Å². The van der Waals surface area contributed by atoms with Crippen LogP contribution in [0.5, 0.6) is 0 Å². The Hall–Kier alpha value is -0.610. The summed E-state index contributed by atoms with van der Waals surface area (Å²) in [4.78, 5) is 11.5. The second-order valence-corrected chi connectivity index (χ2v) is 4.76. The lowest BCUT2D eigenvalue weighted by Gasteiger charge is -2.12. The number of nitrogens with one attached hydrogen (secondary N) is 2. The first kappa shape index (κ1) is 13.5. The third-order valence-corrected chi connectivity index (χ3v) is 3.02. The van der Waals surface area contributed by atoms with Crippen molar-refractivity contribution in [2.45, 2.75) is 26.2 Å². The van der Waals surface area contributed by atoms with Crippen molar-refractivity contribution in [3.8, 4) is 0 Å². The largest absolute Gasteiger partial charge is 0.384 e. The number of carbonyl (C=O) groups is 1. The van der Waals surface area contributed by atoms with Gasteiger partial charge in [-0.2, -0.15) is 0 Å². The minimum atomic E-state index is 0.149. The zero-order valence-corrected chi connectivity index (χ0v) is 10.4. The van der Waals surface area contributed by atoms with Crippen LogP contribution in [0.4, 0.5) is 0 Å². The summed E-state index contributed by atoms with van der Waals surface area (Å²) in [6.45, 7) is 5.73. The van der Waals surface area contributed by atoms with Crippen LogP contribution < -0.4 is 10.6 Å². The highest BCUT2D eigenvalue weighted by Crippen LogP contribution is 2.10. The van der Waals surface area contributed by atoms with Gasteiger partial charge in [-0.3, -0.25) is 4.79 Å². The lowest BCUT2D eigenvalue weighted by molar-refractivity contribution is -0.122. The van der Waals surface area contributed by atoms with Gasteiger partial charge in [-0.15, -0.1) is 0 Å². The maximum atomic E-state index is 11.5. The summed E-state index contributed by atoms with van der Waals surface area (Å²) in [6.07, 6.45) is 2.91. The fourth-order valence-electron chi connectivity index (χ4n) is 2.11. The highest BCUT2D eigenvalue weighted by atomic mass is 16.5. The van der Waals surface area contributed by atoms with E-state index in [0.29, 0.717) is 18.9 Å². The van der Waals surface area contributed by atoms with Crippen LogP contribution in [-0.4, -0.2) is 39.3 Å². The van der Waals surface area contributed by atoms with E-state index in [9.17, 15) is 4.79 Å². The van der Waals surface area contributed by atoms with Crippen LogP contribution in [0.1, 0.15) is 26.2 Å². The van der Waals surface area contributed by atoms with Gasteiger partial charge in [0.15, 0.2) is 0 Å². The summed E-state index contributed by atoms with van der Waals surface area (Å²) in [5.74, 6) is 1.20. The zero-order chi connectivity index (χ0) is 11.8. The van der Waals surface area contributed by atoms with E-state index in [1.165, 1.54) is 6.42 Å². The van der Waals surface area contributed by atoms with Gasteiger partial charge in [0.2, 0.25) is 5.91 Å². The van der Waals surface area contributed by atoms with Gasteiger partial charge < -0.3 is 15.4 Å². The quantitative estimate of drug-likeness (QED) is 0.677. The average Bonchev–Trinajstić information content (AvgIpc) is 2.70. The molecule has 1 saturated heterocycles. The molecular formula is C12H24N2O2. The number of amides is 1. The molecule has 0 bridgehead atoms. The summed E-state index contributed by atoms with van der Waals surface area (Å²) in [6, 6.07) is 0. The summed E-state index contributed by atoms with van der Waals surface area (Å²) < 4.78 is 5.00. The molecule has 0 radical (unpaired) electrons. The Bertz CT molecular complexity index is 203. The molecule has 0 saturated carbocycles. The molecule has 0 aromatic heterocycles. The highest BCUT2D eigenvalue weighted by Gasteiger charge is 2.14. The van der Waals surface area contributed by atoms with Crippen molar-refractivity contribution in [3.05, 3.63) is 0 Å². The molecule has 1 heterocycles. The summed E-state index contributed by atoms with van der Waals surface area (Å²) >= 11 is 0. The Morgan fingerprint density at radius 3 is 3.06 bits per heavy atom. The van der Waals surface area contributed by atoms with Crippen molar-refractivity contribution in [3.63, 3.8) is 0 Å². The maximum Gasteiger partial charge on any atom is 0.220 e. The van der Waals surface area contributed by atoms with E-state index in [1.54, 1.807) is 7.11 Å². The standard InChI is InChI=1S/C12H24N2O2/c1-10(9-16-2)7-12(15)14-6-4-11-3-5-13-8-11/h10-11,13H,3-9H2,1-2H3,(H,14,15). The second-order valence-electron chi connectivity index (χ2n) is 4.76. The molecule has 2 atom stereocenters. The monoisotopic (exact) mass is 228 g/mol. The molecule has 1 fully saturated rings. The van der Waals surface area contributed by atoms with E-state index in [-0.39, 0.29) is 5.91 Å². The normalized spacial score (nSPS) is 22.0. The molecule has 4 heteroatoms. The van der Waals surface area contributed by atoms with Crippen LogP contribution in [-0.2, 0) is 9.53 Å². The SMILES string of the molecule is COCC(C)CC(=O)NCCC1CCNC1. The highest BCUT2D eigenvalue weighted by molar-refractivity contribution is 5.76. The first-order valence-corrected chi connectivity index (χ1v) is 6.18. The van der Waals surface area contributed by atoms with Crippen LogP contribution in [0.25, 0.3) is 0 Å². The van der Waals surface area contributed by atoms with Crippen molar-refractivity contribution in [2.75, 3.05) is 33.4 Å². The summed E-state index contributed by atoms with van der Waals surface area (Å²) in [5, 5.41) is 6.31. The molecule has 0 aromatic rings. The molecule has 0 aliphatic carbocycles. The molecule has 2 unspecified atom stereocenters. The van der Waals surface area contributed by atoms with Gasteiger partial charge in [0.25, 0.3) is 0 Å². The third kappa shape index (κ3) is 5.47. The van der Waals surface area contributed by atoms with Gasteiger partial charge in [0.05, 0.1) is 0 Å². The molecule has 1 rings (SSSR count). The summed E-state index contributed by atoms with van der Waals surface area (Å²) in [5.41, 5.74) is 0. The van der Waals surface area contributed by atoms with Gasteiger partial charge in [-0.25, -0.2) is 0 Å². The van der Waals surface area contributed by atoms with Crippen LogP contribution in [0.2, 0.25) is 0 Å². The number of methoxy groups -OCH3 is 1.